The summed E-state index contributed by atoms with van der Waals surface area (Å²) in [6.45, 7) is 1.81. The molecule has 2 amide bonds. The Morgan fingerprint density at radius 3 is 2.81 bits per heavy atom. The summed E-state index contributed by atoms with van der Waals surface area (Å²) < 4.78 is 5.89. The van der Waals surface area contributed by atoms with Gasteiger partial charge in [-0.15, -0.1) is 11.8 Å². The minimum absolute atomic E-state index is 0.180. The van der Waals surface area contributed by atoms with E-state index in [2.05, 4.69) is 21.2 Å². The average molecular weight is 375 g/mol. The van der Waals surface area contributed by atoms with Crippen LogP contribution in [0.4, 0.5) is 10.5 Å². The lowest BCUT2D eigenvalue weighted by molar-refractivity contribution is -0.141. The number of methoxy groups -OCH3 is 1. The molecule has 6 nitrogen and oxygen atoms in total. The van der Waals surface area contributed by atoms with E-state index in [1.807, 2.05) is 6.92 Å². The van der Waals surface area contributed by atoms with Crippen LogP contribution < -0.4 is 10.1 Å². The Kier molecular flexibility index (Phi) is 5.00. The summed E-state index contributed by atoms with van der Waals surface area (Å²) in [5.41, 5.74) is 0.541. The number of carbonyl (C=O) groups is 2. The van der Waals surface area contributed by atoms with E-state index in [9.17, 15) is 14.7 Å². The number of carboxylic acids is 1. The largest absolute Gasteiger partial charge is 0.497 e. The molecule has 2 unspecified atom stereocenters. The highest BCUT2D eigenvalue weighted by Crippen LogP contribution is 2.30. The molecule has 1 aliphatic heterocycles. The van der Waals surface area contributed by atoms with Crippen LogP contribution in [0.3, 0.4) is 0 Å². The van der Waals surface area contributed by atoms with E-state index in [0.717, 1.165) is 4.47 Å². The maximum Gasteiger partial charge on any atom is 0.327 e. The standard InChI is InChI=1S/C13H15BrN2O4S/c1-7-16(11(6-21-7)12(17)18)13(19)15-9-3-8(14)4-10(5-9)20-2/h3-5,7,11H,6H2,1-2H3,(H,15,19)(H,17,18). The Bertz CT molecular complexity index is 569. The Hall–Kier alpha value is -1.41. The number of anilines is 1. The highest BCUT2D eigenvalue weighted by Gasteiger charge is 2.39. The van der Waals surface area contributed by atoms with Crippen LogP contribution >= 0.6 is 27.7 Å². The van der Waals surface area contributed by atoms with Gasteiger partial charge in [0.2, 0.25) is 0 Å². The van der Waals surface area contributed by atoms with Gasteiger partial charge < -0.3 is 15.2 Å². The zero-order valence-electron chi connectivity index (χ0n) is 11.5. The van der Waals surface area contributed by atoms with Crippen molar-refractivity contribution in [3.63, 3.8) is 0 Å². The first-order valence-electron chi connectivity index (χ1n) is 6.20. The highest BCUT2D eigenvalue weighted by atomic mass is 79.9. The Morgan fingerprint density at radius 1 is 1.48 bits per heavy atom. The third-order valence-electron chi connectivity index (χ3n) is 3.10. The van der Waals surface area contributed by atoms with Gasteiger partial charge in [0.15, 0.2) is 0 Å². The monoisotopic (exact) mass is 374 g/mol. The first-order valence-corrected chi connectivity index (χ1v) is 8.05. The normalized spacial score (nSPS) is 21.2. The van der Waals surface area contributed by atoms with Gasteiger partial charge in [-0.3, -0.25) is 4.90 Å². The summed E-state index contributed by atoms with van der Waals surface area (Å²) in [7, 11) is 1.53. The summed E-state index contributed by atoms with van der Waals surface area (Å²) >= 11 is 4.77. The number of carboxylic acid groups (broad SMARTS) is 1. The van der Waals surface area contributed by atoms with Crippen LogP contribution in [0.25, 0.3) is 0 Å². The highest BCUT2D eigenvalue weighted by molar-refractivity contribution is 9.10. The first kappa shape index (κ1) is 16.0. The van der Waals surface area contributed by atoms with Crippen LogP contribution in [0.2, 0.25) is 0 Å². The van der Waals surface area contributed by atoms with E-state index in [4.69, 9.17) is 4.74 Å². The zero-order chi connectivity index (χ0) is 15.6. The zero-order valence-corrected chi connectivity index (χ0v) is 13.9. The van der Waals surface area contributed by atoms with Gasteiger partial charge in [0, 0.05) is 22.0 Å². The fraction of sp³-hybridized carbons (Fsp3) is 0.385. The number of benzene rings is 1. The number of halogens is 1. The van der Waals surface area contributed by atoms with Crippen molar-refractivity contribution in [1.29, 1.82) is 0 Å². The fourth-order valence-corrected chi connectivity index (χ4v) is 3.72. The summed E-state index contributed by atoms with van der Waals surface area (Å²) in [5, 5.41) is 11.7. The topological polar surface area (TPSA) is 78.9 Å². The number of nitrogens with zero attached hydrogens (tertiary/aromatic N) is 1. The molecular formula is C13H15BrN2O4S. The predicted octanol–water partition coefficient (Wildman–Crippen LogP) is 2.84. The lowest BCUT2D eigenvalue weighted by Gasteiger charge is -2.25. The number of hydrogen-bond acceptors (Lipinski definition) is 4. The molecule has 2 N–H and O–H groups in total. The third-order valence-corrected chi connectivity index (χ3v) is 4.78. The summed E-state index contributed by atoms with van der Waals surface area (Å²) in [5.74, 6) is -0.00161. The predicted molar refractivity (Wildman–Crippen MR) is 84.9 cm³/mol. The van der Waals surface area contributed by atoms with E-state index in [0.29, 0.717) is 17.2 Å². The molecule has 1 heterocycles. The molecule has 2 atom stereocenters. The van der Waals surface area contributed by atoms with Crippen molar-refractivity contribution in [2.45, 2.75) is 18.3 Å². The smallest absolute Gasteiger partial charge is 0.327 e. The number of ether oxygens (including phenoxy) is 1. The fourth-order valence-electron chi connectivity index (χ4n) is 2.08. The number of hydrogen-bond donors (Lipinski definition) is 2. The van der Waals surface area contributed by atoms with Gasteiger partial charge in [-0.05, 0) is 19.1 Å². The SMILES string of the molecule is COc1cc(Br)cc(NC(=O)N2C(C)SCC2C(=O)O)c1. The molecule has 1 aromatic carbocycles. The van der Waals surface area contributed by atoms with Crippen molar-refractivity contribution < 1.29 is 19.4 Å². The van der Waals surface area contributed by atoms with Crippen molar-refractivity contribution >= 4 is 45.4 Å². The van der Waals surface area contributed by atoms with E-state index < -0.39 is 18.0 Å². The van der Waals surface area contributed by atoms with E-state index in [-0.39, 0.29) is 5.37 Å². The van der Waals surface area contributed by atoms with Gasteiger partial charge in [-0.25, -0.2) is 9.59 Å². The van der Waals surface area contributed by atoms with Gasteiger partial charge >= 0.3 is 12.0 Å². The molecule has 0 radical (unpaired) electrons. The molecule has 21 heavy (non-hydrogen) atoms. The van der Waals surface area contributed by atoms with Crippen molar-refractivity contribution in [2.75, 3.05) is 18.2 Å². The number of thioether (sulfide) groups is 1. The Balaban J connectivity index is 2.17. The maximum absolute atomic E-state index is 12.3. The molecule has 0 saturated carbocycles. The molecule has 0 aromatic heterocycles. The average Bonchev–Trinajstić information content (AvgIpc) is 2.80. The molecule has 8 heteroatoms. The Morgan fingerprint density at radius 2 is 2.19 bits per heavy atom. The van der Waals surface area contributed by atoms with Crippen LogP contribution in [-0.4, -0.2) is 46.3 Å². The molecule has 1 aliphatic rings. The second kappa shape index (κ2) is 6.57. The third kappa shape index (κ3) is 3.62. The molecule has 1 saturated heterocycles. The molecule has 0 bridgehead atoms. The van der Waals surface area contributed by atoms with Crippen LogP contribution in [-0.2, 0) is 4.79 Å². The molecule has 0 aliphatic carbocycles. The van der Waals surface area contributed by atoms with Crippen molar-refractivity contribution in [3.05, 3.63) is 22.7 Å². The molecule has 1 fully saturated rings. The lowest BCUT2D eigenvalue weighted by atomic mass is 10.3. The molecular weight excluding hydrogens is 360 g/mol. The second-order valence-corrected chi connectivity index (χ2v) is 6.77. The number of urea groups is 1. The Labute approximate surface area is 135 Å². The van der Waals surface area contributed by atoms with Crippen LogP contribution in [0, 0.1) is 0 Å². The quantitative estimate of drug-likeness (QED) is 0.850. The maximum atomic E-state index is 12.3. The molecule has 0 spiro atoms. The van der Waals surface area contributed by atoms with Crippen LogP contribution in [0.5, 0.6) is 5.75 Å². The minimum Gasteiger partial charge on any atom is -0.497 e. The number of amides is 2. The second-order valence-electron chi connectivity index (χ2n) is 4.50. The number of nitrogens with one attached hydrogen (secondary N) is 1. The van der Waals surface area contributed by atoms with Gasteiger partial charge in [0.1, 0.15) is 11.8 Å². The molecule has 2 rings (SSSR count). The van der Waals surface area contributed by atoms with Crippen LogP contribution in [0.1, 0.15) is 6.92 Å². The summed E-state index contributed by atoms with van der Waals surface area (Å²) in [6.07, 6.45) is 0. The lowest BCUT2D eigenvalue weighted by Crippen LogP contribution is -2.46. The number of aliphatic carboxylic acids is 1. The van der Waals surface area contributed by atoms with Gasteiger partial charge in [0.25, 0.3) is 0 Å². The number of rotatable bonds is 3. The van der Waals surface area contributed by atoms with Gasteiger partial charge in [-0.1, -0.05) is 15.9 Å². The van der Waals surface area contributed by atoms with Crippen molar-refractivity contribution in [1.82, 2.24) is 4.90 Å². The summed E-state index contributed by atoms with van der Waals surface area (Å²) in [6, 6.07) is 3.93. The van der Waals surface area contributed by atoms with E-state index in [1.54, 1.807) is 18.2 Å². The van der Waals surface area contributed by atoms with E-state index in [1.165, 1.54) is 23.8 Å². The van der Waals surface area contributed by atoms with E-state index >= 15 is 0 Å². The van der Waals surface area contributed by atoms with Crippen molar-refractivity contribution in [2.24, 2.45) is 0 Å². The van der Waals surface area contributed by atoms with Gasteiger partial charge in [0.05, 0.1) is 12.5 Å². The number of carbonyl (C=O) groups excluding carboxylic acids is 1. The molecule has 1 aromatic rings. The summed E-state index contributed by atoms with van der Waals surface area (Å²) in [4.78, 5) is 24.9. The first-order chi connectivity index (χ1) is 9.92. The van der Waals surface area contributed by atoms with Crippen molar-refractivity contribution in [3.8, 4) is 5.75 Å². The van der Waals surface area contributed by atoms with Crippen LogP contribution in [0.15, 0.2) is 22.7 Å². The van der Waals surface area contributed by atoms with Gasteiger partial charge in [-0.2, -0.15) is 0 Å². The minimum atomic E-state index is -0.992. The molecule has 114 valence electrons.